The summed E-state index contributed by atoms with van der Waals surface area (Å²) in [6.07, 6.45) is 2.48. The molecule has 2 nitrogen and oxygen atoms in total. The number of hydrogen-bond donors (Lipinski definition) is 1. The number of likely N-dealkylation sites (tertiary alicyclic amines) is 1. The number of hydrogen-bond acceptors (Lipinski definition) is 2. The largest absolute Gasteiger partial charge is 0.318 e. The standard InChI is InChI=1S/C13H19ClN2/c1-15-10-13(8-3-9-16(13)2)11-4-6-12(14)7-5-11/h4-7,15H,3,8-10H2,1-2H3. The van der Waals surface area contributed by atoms with Crippen molar-refractivity contribution in [1.29, 1.82) is 0 Å². The molecule has 88 valence electrons. The highest BCUT2D eigenvalue weighted by atomic mass is 35.5. The molecule has 1 aromatic carbocycles. The van der Waals surface area contributed by atoms with Gasteiger partial charge in [0.15, 0.2) is 0 Å². The number of benzene rings is 1. The van der Waals surface area contributed by atoms with Crippen molar-refractivity contribution in [3.63, 3.8) is 0 Å². The van der Waals surface area contributed by atoms with E-state index in [1.165, 1.54) is 24.9 Å². The Balaban J connectivity index is 2.35. The van der Waals surface area contributed by atoms with Gasteiger partial charge >= 0.3 is 0 Å². The van der Waals surface area contributed by atoms with Gasteiger partial charge in [-0.3, -0.25) is 4.90 Å². The van der Waals surface area contributed by atoms with Crippen LogP contribution < -0.4 is 5.32 Å². The van der Waals surface area contributed by atoms with Crippen molar-refractivity contribution in [1.82, 2.24) is 10.2 Å². The predicted octanol–water partition coefficient (Wildman–Crippen LogP) is 2.48. The molecular formula is C13H19ClN2. The van der Waals surface area contributed by atoms with Crippen LogP contribution in [0.25, 0.3) is 0 Å². The molecule has 0 saturated carbocycles. The third kappa shape index (κ3) is 1.97. The van der Waals surface area contributed by atoms with Crippen molar-refractivity contribution in [2.24, 2.45) is 0 Å². The third-order valence-corrected chi connectivity index (χ3v) is 3.92. The Hall–Kier alpha value is -0.570. The zero-order chi connectivity index (χ0) is 11.6. The van der Waals surface area contributed by atoms with Crippen molar-refractivity contribution in [3.05, 3.63) is 34.9 Å². The first-order valence-corrected chi connectivity index (χ1v) is 6.19. The molecule has 1 aliphatic heterocycles. The normalized spacial score (nSPS) is 26.2. The number of nitrogens with one attached hydrogen (secondary N) is 1. The second-order valence-electron chi connectivity index (χ2n) is 4.59. The van der Waals surface area contributed by atoms with Crippen LogP contribution >= 0.6 is 11.6 Å². The highest BCUT2D eigenvalue weighted by Crippen LogP contribution is 2.37. The molecule has 1 fully saturated rings. The SMILES string of the molecule is CNCC1(c2ccc(Cl)cc2)CCCN1C. The summed E-state index contributed by atoms with van der Waals surface area (Å²) in [4.78, 5) is 2.45. The van der Waals surface area contributed by atoms with Crippen molar-refractivity contribution in [2.45, 2.75) is 18.4 Å². The minimum absolute atomic E-state index is 0.152. The molecule has 1 aliphatic rings. The number of rotatable bonds is 3. The molecule has 1 aromatic rings. The molecule has 1 N–H and O–H groups in total. The quantitative estimate of drug-likeness (QED) is 0.871. The molecule has 1 unspecified atom stereocenters. The molecule has 0 bridgehead atoms. The maximum atomic E-state index is 5.95. The summed E-state index contributed by atoms with van der Waals surface area (Å²) in [5.74, 6) is 0. The Bertz CT molecular complexity index is 349. The summed E-state index contributed by atoms with van der Waals surface area (Å²) in [5, 5.41) is 4.13. The maximum Gasteiger partial charge on any atom is 0.0583 e. The zero-order valence-electron chi connectivity index (χ0n) is 9.96. The van der Waals surface area contributed by atoms with Gasteiger partial charge in [0.2, 0.25) is 0 Å². The first kappa shape index (κ1) is 11.9. The van der Waals surface area contributed by atoms with E-state index in [1.54, 1.807) is 0 Å². The van der Waals surface area contributed by atoms with E-state index in [-0.39, 0.29) is 5.54 Å². The number of halogens is 1. The number of nitrogens with zero attached hydrogens (tertiary/aromatic N) is 1. The lowest BCUT2D eigenvalue weighted by atomic mass is 9.87. The van der Waals surface area contributed by atoms with Gasteiger partial charge in [0, 0.05) is 11.6 Å². The van der Waals surface area contributed by atoms with Crippen LogP contribution in [0.3, 0.4) is 0 Å². The second-order valence-corrected chi connectivity index (χ2v) is 5.03. The summed E-state index contributed by atoms with van der Waals surface area (Å²) in [7, 11) is 4.22. The molecule has 0 aliphatic carbocycles. The topological polar surface area (TPSA) is 15.3 Å². The van der Waals surface area contributed by atoms with Crippen molar-refractivity contribution >= 4 is 11.6 Å². The van der Waals surface area contributed by atoms with Gasteiger partial charge in [-0.05, 0) is 51.2 Å². The Kier molecular flexibility index (Phi) is 3.53. The average molecular weight is 239 g/mol. The van der Waals surface area contributed by atoms with E-state index in [0.717, 1.165) is 11.6 Å². The van der Waals surface area contributed by atoms with E-state index >= 15 is 0 Å². The molecule has 16 heavy (non-hydrogen) atoms. The third-order valence-electron chi connectivity index (χ3n) is 3.67. The van der Waals surface area contributed by atoms with Crippen LogP contribution in [-0.2, 0) is 5.54 Å². The lowest BCUT2D eigenvalue weighted by molar-refractivity contribution is 0.172. The number of likely N-dealkylation sites (N-methyl/N-ethyl adjacent to an activating group) is 2. The lowest BCUT2D eigenvalue weighted by Crippen LogP contribution is -2.45. The van der Waals surface area contributed by atoms with Crippen LogP contribution in [0.1, 0.15) is 18.4 Å². The second kappa shape index (κ2) is 4.74. The molecule has 2 rings (SSSR count). The van der Waals surface area contributed by atoms with Crippen LogP contribution in [0.4, 0.5) is 0 Å². The summed E-state index contributed by atoms with van der Waals surface area (Å²) < 4.78 is 0. The highest BCUT2D eigenvalue weighted by molar-refractivity contribution is 6.30. The summed E-state index contributed by atoms with van der Waals surface area (Å²) >= 11 is 5.95. The first-order chi connectivity index (χ1) is 7.69. The fourth-order valence-corrected chi connectivity index (χ4v) is 2.88. The van der Waals surface area contributed by atoms with E-state index in [1.807, 2.05) is 19.2 Å². The zero-order valence-corrected chi connectivity index (χ0v) is 10.7. The van der Waals surface area contributed by atoms with Crippen molar-refractivity contribution in [3.8, 4) is 0 Å². The van der Waals surface area contributed by atoms with Gasteiger partial charge in [0.05, 0.1) is 5.54 Å². The average Bonchev–Trinajstić information content (AvgIpc) is 2.63. The molecule has 0 spiro atoms. The minimum Gasteiger partial charge on any atom is -0.318 e. The van der Waals surface area contributed by atoms with E-state index in [0.29, 0.717) is 0 Å². The van der Waals surface area contributed by atoms with E-state index in [4.69, 9.17) is 11.6 Å². The first-order valence-electron chi connectivity index (χ1n) is 5.81. The predicted molar refractivity (Wildman–Crippen MR) is 68.9 cm³/mol. The van der Waals surface area contributed by atoms with Gasteiger partial charge in [-0.25, -0.2) is 0 Å². The van der Waals surface area contributed by atoms with Gasteiger partial charge in [-0.15, -0.1) is 0 Å². The van der Waals surface area contributed by atoms with Crippen LogP contribution in [0.5, 0.6) is 0 Å². The Morgan fingerprint density at radius 1 is 1.38 bits per heavy atom. The molecule has 0 aromatic heterocycles. The van der Waals surface area contributed by atoms with Crippen LogP contribution in [0, 0.1) is 0 Å². The van der Waals surface area contributed by atoms with E-state index < -0.39 is 0 Å². The maximum absolute atomic E-state index is 5.95. The molecule has 1 saturated heterocycles. The molecular weight excluding hydrogens is 220 g/mol. The molecule has 1 atom stereocenters. The van der Waals surface area contributed by atoms with Gasteiger partial charge in [0.25, 0.3) is 0 Å². The van der Waals surface area contributed by atoms with Crippen molar-refractivity contribution in [2.75, 3.05) is 27.2 Å². The van der Waals surface area contributed by atoms with Gasteiger partial charge in [0.1, 0.15) is 0 Å². The Labute approximate surface area is 103 Å². The molecule has 0 radical (unpaired) electrons. The fourth-order valence-electron chi connectivity index (χ4n) is 2.76. The fraction of sp³-hybridized carbons (Fsp3) is 0.538. The van der Waals surface area contributed by atoms with Gasteiger partial charge in [-0.2, -0.15) is 0 Å². The smallest absolute Gasteiger partial charge is 0.0583 e. The van der Waals surface area contributed by atoms with Crippen molar-refractivity contribution < 1.29 is 0 Å². The molecule has 0 amide bonds. The summed E-state index contributed by atoms with van der Waals surface area (Å²) in [5.41, 5.74) is 1.52. The summed E-state index contributed by atoms with van der Waals surface area (Å²) in [6, 6.07) is 8.28. The molecule has 3 heteroatoms. The lowest BCUT2D eigenvalue weighted by Gasteiger charge is -2.37. The van der Waals surface area contributed by atoms with Crippen LogP contribution in [0.2, 0.25) is 5.02 Å². The van der Waals surface area contributed by atoms with E-state index in [9.17, 15) is 0 Å². The summed E-state index contributed by atoms with van der Waals surface area (Å²) in [6.45, 7) is 2.16. The minimum atomic E-state index is 0.152. The van der Waals surface area contributed by atoms with Gasteiger partial charge in [-0.1, -0.05) is 23.7 Å². The monoisotopic (exact) mass is 238 g/mol. The van der Waals surface area contributed by atoms with E-state index in [2.05, 4.69) is 29.4 Å². The Morgan fingerprint density at radius 2 is 2.06 bits per heavy atom. The Morgan fingerprint density at radius 3 is 2.56 bits per heavy atom. The van der Waals surface area contributed by atoms with Gasteiger partial charge < -0.3 is 5.32 Å². The van der Waals surface area contributed by atoms with Crippen LogP contribution in [-0.4, -0.2) is 32.1 Å². The molecule has 1 heterocycles. The van der Waals surface area contributed by atoms with Crippen LogP contribution in [0.15, 0.2) is 24.3 Å². The highest BCUT2D eigenvalue weighted by Gasteiger charge is 2.39.